The minimum atomic E-state index is 0. The maximum atomic E-state index is 5.80. The second-order valence-corrected chi connectivity index (χ2v) is 7.70. The number of nitrogens with one attached hydrogen (secondary N) is 2. The number of likely N-dealkylation sites (N-methyl/N-ethyl adjacent to an activating group) is 2. The van der Waals surface area contributed by atoms with Gasteiger partial charge in [-0.25, -0.2) is 0 Å². The van der Waals surface area contributed by atoms with E-state index in [1.54, 1.807) is 0 Å². The maximum Gasteiger partial charge on any atom is 0.0544 e. The predicted octanol–water partition coefficient (Wildman–Crippen LogP) is 4.04. The van der Waals surface area contributed by atoms with Crippen molar-refractivity contribution in [1.82, 2.24) is 20.4 Å². The molecule has 1 aliphatic carbocycles. The molecule has 29 heavy (non-hydrogen) atoms. The summed E-state index contributed by atoms with van der Waals surface area (Å²) >= 11 is 0. The molecule has 1 aliphatic rings. The molecule has 1 aromatic heterocycles. The first-order valence-corrected chi connectivity index (χ1v) is 10.1. The van der Waals surface area contributed by atoms with E-state index in [-0.39, 0.29) is 42.6 Å². The van der Waals surface area contributed by atoms with E-state index in [1.807, 2.05) is 13.2 Å². The quantitative estimate of drug-likeness (QED) is 0.477. The van der Waals surface area contributed by atoms with E-state index in [0.29, 0.717) is 5.92 Å². The number of ether oxygens (including phenoxy) is 2. The first-order chi connectivity index (χ1) is 12.6. The van der Waals surface area contributed by atoms with Crippen molar-refractivity contribution in [2.24, 2.45) is 5.41 Å². The Morgan fingerprint density at radius 3 is 2.24 bits per heavy atom. The maximum absolute atomic E-state index is 5.80. The summed E-state index contributed by atoms with van der Waals surface area (Å²) in [6.07, 6.45) is 6.68. The predicted molar refractivity (Wildman–Crippen MR) is 127 cm³/mol. The van der Waals surface area contributed by atoms with Crippen LogP contribution in [0.5, 0.6) is 0 Å². The second-order valence-electron chi connectivity index (χ2n) is 7.70. The van der Waals surface area contributed by atoms with Crippen LogP contribution in [0.1, 0.15) is 56.7 Å². The monoisotopic (exact) mass is 474 g/mol. The minimum Gasteiger partial charge on any atom is -0.381 e. The summed E-state index contributed by atoms with van der Waals surface area (Å²) in [6, 6.07) is 0. The summed E-state index contributed by atoms with van der Waals surface area (Å²) in [7, 11) is 4.17. The summed E-state index contributed by atoms with van der Waals surface area (Å²) in [5.74, 6) is 0.571. The SMILES string of the molecule is CCOCC1(COCC)CCC(c2[nH]ncc2CN(C)CCNC)CC1.Cl.Cl.Cl. The van der Waals surface area contributed by atoms with E-state index in [2.05, 4.69) is 41.3 Å². The van der Waals surface area contributed by atoms with Crippen molar-refractivity contribution in [2.45, 2.75) is 52.0 Å². The molecule has 0 amide bonds. The summed E-state index contributed by atoms with van der Waals surface area (Å²) < 4.78 is 11.6. The van der Waals surface area contributed by atoms with Crippen LogP contribution in [0.25, 0.3) is 0 Å². The van der Waals surface area contributed by atoms with Gasteiger partial charge in [-0.2, -0.15) is 5.10 Å². The average Bonchev–Trinajstić information content (AvgIpc) is 3.11. The van der Waals surface area contributed by atoms with Crippen LogP contribution in [0.4, 0.5) is 0 Å². The molecule has 1 saturated carbocycles. The van der Waals surface area contributed by atoms with Gasteiger partial charge in [-0.1, -0.05) is 0 Å². The average molecular weight is 476 g/mol. The number of aromatic nitrogens is 2. The molecule has 0 aliphatic heterocycles. The first kappa shape index (κ1) is 31.1. The first-order valence-electron chi connectivity index (χ1n) is 10.1. The number of rotatable bonds is 12. The lowest BCUT2D eigenvalue weighted by atomic mass is 9.70. The Balaban J connectivity index is 0. The number of aromatic amines is 1. The number of H-pyrrole nitrogens is 1. The van der Waals surface area contributed by atoms with Crippen molar-refractivity contribution in [3.63, 3.8) is 0 Å². The van der Waals surface area contributed by atoms with Crippen LogP contribution in [0.2, 0.25) is 0 Å². The zero-order chi connectivity index (χ0) is 18.8. The number of halogens is 3. The molecule has 2 rings (SSSR count). The largest absolute Gasteiger partial charge is 0.381 e. The highest BCUT2D eigenvalue weighted by Crippen LogP contribution is 2.44. The van der Waals surface area contributed by atoms with Crippen molar-refractivity contribution in [2.75, 3.05) is 53.6 Å². The van der Waals surface area contributed by atoms with Gasteiger partial charge in [-0.05, 0) is 53.6 Å². The molecule has 0 unspecified atom stereocenters. The van der Waals surface area contributed by atoms with Crippen LogP contribution in [-0.2, 0) is 16.0 Å². The van der Waals surface area contributed by atoms with Crippen molar-refractivity contribution < 1.29 is 9.47 Å². The van der Waals surface area contributed by atoms with Gasteiger partial charge in [-0.15, -0.1) is 37.2 Å². The zero-order valence-corrected chi connectivity index (χ0v) is 20.8. The highest BCUT2D eigenvalue weighted by atomic mass is 35.5. The number of nitrogens with zero attached hydrogens (tertiary/aromatic N) is 2. The third kappa shape index (κ3) is 9.72. The zero-order valence-electron chi connectivity index (χ0n) is 18.4. The van der Waals surface area contributed by atoms with Gasteiger partial charge in [0.2, 0.25) is 0 Å². The molecule has 2 N–H and O–H groups in total. The molecule has 0 spiro atoms. The Labute approximate surface area is 195 Å². The molecule has 174 valence electrons. The van der Waals surface area contributed by atoms with Crippen LogP contribution >= 0.6 is 37.2 Å². The Bertz CT molecular complexity index is 502. The van der Waals surface area contributed by atoms with Crippen molar-refractivity contribution in [1.29, 1.82) is 0 Å². The summed E-state index contributed by atoms with van der Waals surface area (Å²) in [5, 5.41) is 10.9. The van der Waals surface area contributed by atoms with Gasteiger partial charge in [0.25, 0.3) is 0 Å². The molecule has 6 nitrogen and oxygen atoms in total. The highest BCUT2D eigenvalue weighted by molar-refractivity contribution is 5.86. The van der Waals surface area contributed by atoms with Crippen molar-refractivity contribution >= 4 is 37.2 Å². The lowest BCUT2D eigenvalue weighted by molar-refractivity contribution is -0.0397. The Morgan fingerprint density at radius 1 is 1.14 bits per heavy atom. The van der Waals surface area contributed by atoms with Gasteiger partial charge >= 0.3 is 0 Å². The normalized spacial score (nSPS) is 16.0. The molecule has 9 heteroatoms. The van der Waals surface area contributed by atoms with Crippen LogP contribution in [0.15, 0.2) is 6.20 Å². The molecule has 1 aromatic rings. The molecular formula is C20H41Cl3N4O2. The van der Waals surface area contributed by atoms with Gasteiger partial charge in [0, 0.05) is 55.4 Å². The fourth-order valence-electron chi connectivity index (χ4n) is 3.96. The van der Waals surface area contributed by atoms with Gasteiger partial charge in [0.05, 0.1) is 19.4 Å². The Hall–Kier alpha value is -0.0800. The second kappa shape index (κ2) is 16.6. The molecule has 0 aromatic carbocycles. The van der Waals surface area contributed by atoms with Crippen LogP contribution in [0.3, 0.4) is 0 Å². The fraction of sp³-hybridized carbons (Fsp3) is 0.850. The molecule has 1 heterocycles. The molecule has 0 atom stereocenters. The van der Waals surface area contributed by atoms with Crippen LogP contribution in [0, 0.1) is 5.41 Å². The van der Waals surface area contributed by atoms with E-state index in [0.717, 1.165) is 58.9 Å². The van der Waals surface area contributed by atoms with E-state index in [1.165, 1.54) is 24.1 Å². The van der Waals surface area contributed by atoms with Gasteiger partial charge in [-0.3, -0.25) is 5.10 Å². The van der Waals surface area contributed by atoms with E-state index < -0.39 is 0 Å². The molecule has 1 fully saturated rings. The minimum absolute atomic E-state index is 0. The molecular weight excluding hydrogens is 435 g/mol. The van der Waals surface area contributed by atoms with Gasteiger partial charge < -0.3 is 19.7 Å². The van der Waals surface area contributed by atoms with Crippen LogP contribution in [-0.4, -0.2) is 68.7 Å². The summed E-state index contributed by atoms with van der Waals surface area (Å²) in [5.41, 5.74) is 2.87. The van der Waals surface area contributed by atoms with Crippen molar-refractivity contribution in [3.05, 3.63) is 17.5 Å². The third-order valence-electron chi connectivity index (χ3n) is 5.61. The van der Waals surface area contributed by atoms with Crippen LogP contribution < -0.4 is 5.32 Å². The molecule has 0 saturated heterocycles. The fourth-order valence-corrected chi connectivity index (χ4v) is 3.96. The van der Waals surface area contributed by atoms with Crippen molar-refractivity contribution in [3.8, 4) is 0 Å². The van der Waals surface area contributed by atoms with E-state index in [4.69, 9.17) is 9.47 Å². The lowest BCUT2D eigenvalue weighted by Gasteiger charge is -2.39. The highest BCUT2D eigenvalue weighted by Gasteiger charge is 2.37. The Morgan fingerprint density at radius 2 is 1.72 bits per heavy atom. The van der Waals surface area contributed by atoms with E-state index >= 15 is 0 Å². The molecule has 0 radical (unpaired) electrons. The Kier molecular flexibility index (Phi) is 17.8. The standard InChI is InChI=1S/C20H38N4O2.3ClH/c1-5-25-15-20(16-26-6-2)9-7-17(8-10-20)19-18(13-22-23-19)14-24(4)12-11-21-3;;;/h13,17,21H,5-12,14-16H2,1-4H3,(H,22,23);3*1H. The smallest absolute Gasteiger partial charge is 0.0544 e. The van der Waals surface area contributed by atoms with E-state index in [9.17, 15) is 0 Å². The van der Waals surface area contributed by atoms with Gasteiger partial charge in [0.15, 0.2) is 0 Å². The molecule has 0 bridgehead atoms. The topological polar surface area (TPSA) is 62.4 Å². The lowest BCUT2D eigenvalue weighted by Crippen LogP contribution is -2.36. The number of hydrogen-bond donors (Lipinski definition) is 2. The number of hydrogen-bond acceptors (Lipinski definition) is 5. The third-order valence-corrected chi connectivity index (χ3v) is 5.61. The van der Waals surface area contributed by atoms with Gasteiger partial charge in [0.1, 0.15) is 0 Å². The summed E-state index contributed by atoms with van der Waals surface area (Å²) in [6.45, 7) is 10.3. The summed E-state index contributed by atoms with van der Waals surface area (Å²) in [4.78, 5) is 2.35.